The van der Waals surface area contributed by atoms with Crippen LogP contribution >= 0.6 is 15.9 Å². The summed E-state index contributed by atoms with van der Waals surface area (Å²) in [5, 5.41) is 13.3. The van der Waals surface area contributed by atoms with Crippen LogP contribution in [0.1, 0.15) is 29.2 Å². The van der Waals surface area contributed by atoms with Crippen molar-refractivity contribution in [3.05, 3.63) is 33.3 Å². The Hall–Kier alpha value is -0.420. The minimum absolute atomic E-state index is 0.249. The first-order chi connectivity index (χ1) is 7.97. The van der Waals surface area contributed by atoms with E-state index in [-0.39, 0.29) is 6.04 Å². The molecule has 0 aliphatic rings. The highest BCUT2D eigenvalue weighted by Crippen LogP contribution is 2.28. The summed E-state index contributed by atoms with van der Waals surface area (Å²) in [5.41, 5.74) is 9.23. The van der Waals surface area contributed by atoms with Crippen molar-refractivity contribution in [2.45, 2.75) is 32.4 Å². The van der Waals surface area contributed by atoms with Gasteiger partial charge < -0.3 is 16.2 Å². The molecule has 4 N–H and O–H groups in total. The molecule has 1 aromatic rings. The molecule has 1 aromatic carbocycles. The zero-order valence-corrected chi connectivity index (χ0v) is 12.2. The Morgan fingerprint density at radius 1 is 1.35 bits per heavy atom. The van der Waals surface area contributed by atoms with Crippen molar-refractivity contribution >= 4 is 15.9 Å². The van der Waals surface area contributed by atoms with Crippen LogP contribution in [0.3, 0.4) is 0 Å². The lowest BCUT2D eigenvalue weighted by Crippen LogP contribution is -2.31. The Bertz CT molecular complexity index is 382. The van der Waals surface area contributed by atoms with E-state index in [1.165, 1.54) is 11.1 Å². The largest absolute Gasteiger partial charge is 0.387 e. The highest BCUT2D eigenvalue weighted by molar-refractivity contribution is 9.10. The van der Waals surface area contributed by atoms with Crippen molar-refractivity contribution in [3.8, 4) is 0 Å². The van der Waals surface area contributed by atoms with Crippen molar-refractivity contribution in [1.29, 1.82) is 0 Å². The molecule has 0 heterocycles. The number of rotatable bonds is 5. The van der Waals surface area contributed by atoms with E-state index in [1.807, 2.05) is 26.1 Å². The van der Waals surface area contributed by atoms with Gasteiger partial charge in [0.15, 0.2) is 0 Å². The van der Waals surface area contributed by atoms with Gasteiger partial charge in [-0.15, -0.1) is 0 Å². The maximum absolute atomic E-state index is 10.2. The lowest BCUT2D eigenvalue weighted by Gasteiger charge is -2.21. The monoisotopic (exact) mass is 300 g/mol. The minimum Gasteiger partial charge on any atom is -0.387 e. The van der Waals surface area contributed by atoms with Crippen LogP contribution in [0.5, 0.6) is 0 Å². The van der Waals surface area contributed by atoms with Crippen LogP contribution in [0.2, 0.25) is 0 Å². The lowest BCUT2D eigenvalue weighted by atomic mass is 9.97. The lowest BCUT2D eigenvalue weighted by molar-refractivity contribution is 0.141. The first-order valence-electron chi connectivity index (χ1n) is 5.82. The zero-order valence-electron chi connectivity index (χ0n) is 10.6. The van der Waals surface area contributed by atoms with E-state index in [2.05, 4.69) is 28.2 Å². The number of hydrogen-bond acceptors (Lipinski definition) is 3. The summed E-state index contributed by atoms with van der Waals surface area (Å²) < 4.78 is 0.924. The van der Waals surface area contributed by atoms with E-state index in [9.17, 15) is 5.11 Å². The van der Waals surface area contributed by atoms with E-state index in [0.29, 0.717) is 0 Å². The molecule has 0 bridgehead atoms. The highest BCUT2D eigenvalue weighted by Gasteiger charge is 2.19. The van der Waals surface area contributed by atoms with Crippen molar-refractivity contribution in [1.82, 2.24) is 5.32 Å². The summed E-state index contributed by atoms with van der Waals surface area (Å²) in [6.45, 7) is 4.90. The number of nitrogens with one attached hydrogen (secondary N) is 1. The molecule has 0 amide bonds. The summed E-state index contributed by atoms with van der Waals surface area (Å²) in [5.74, 6) is 0. The molecule has 1 rings (SSSR count). The number of benzene rings is 1. The molecule has 0 aliphatic heterocycles. The van der Waals surface area contributed by atoms with Gasteiger partial charge in [0.05, 0.1) is 6.10 Å². The van der Waals surface area contributed by atoms with Gasteiger partial charge in [-0.05, 0) is 56.6 Å². The van der Waals surface area contributed by atoms with Gasteiger partial charge in [0.25, 0.3) is 0 Å². The first kappa shape index (κ1) is 14.6. The van der Waals surface area contributed by atoms with Crippen molar-refractivity contribution < 1.29 is 5.11 Å². The highest BCUT2D eigenvalue weighted by atomic mass is 79.9. The van der Waals surface area contributed by atoms with Gasteiger partial charge in [-0.1, -0.05) is 22.0 Å². The van der Waals surface area contributed by atoms with Crippen LogP contribution in [-0.4, -0.2) is 24.7 Å². The fourth-order valence-electron chi connectivity index (χ4n) is 1.73. The SMILES string of the molecule is CNCCC(N)C(O)c1cc(C)c(C)cc1Br. The predicted octanol–water partition coefficient (Wildman–Crippen LogP) is 2.04. The summed E-state index contributed by atoms with van der Waals surface area (Å²) in [6, 6.07) is 3.78. The van der Waals surface area contributed by atoms with E-state index < -0.39 is 6.10 Å². The van der Waals surface area contributed by atoms with Gasteiger partial charge in [0.1, 0.15) is 0 Å². The maximum atomic E-state index is 10.2. The first-order valence-corrected chi connectivity index (χ1v) is 6.61. The summed E-state index contributed by atoms with van der Waals surface area (Å²) in [4.78, 5) is 0. The standard InChI is InChI=1S/C13H21BrN2O/c1-8-6-10(11(14)7-9(8)2)13(17)12(15)4-5-16-3/h6-7,12-13,16-17H,4-5,15H2,1-3H3. The molecule has 96 valence electrons. The molecule has 0 saturated carbocycles. The van der Waals surface area contributed by atoms with Gasteiger partial charge in [-0.3, -0.25) is 0 Å². The molecule has 3 nitrogen and oxygen atoms in total. The van der Waals surface area contributed by atoms with Crippen LogP contribution in [0.25, 0.3) is 0 Å². The van der Waals surface area contributed by atoms with Crippen molar-refractivity contribution in [2.75, 3.05) is 13.6 Å². The number of hydrogen-bond donors (Lipinski definition) is 3. The van der Waals surface area contributed by atoms with Crippen molar-refractivity contribution in [2.24, 2.45) is 5.73 Å². The van der Waals surface area contributed by atoms with Crippen LogP contribution in [0, 0.1) is 13.8 Å². The fourth-order valence-corrected chi connectivity index (χ4v) is 2.42. The average Bonchev–Trinajstić information content (AvgIpc) is 2.29. The summed E-state index contributed by atoms with van der Waals surface area (Å²) in [7, 11) is 1.88. The summed E-state index contributed by atoms with van der Waals surface area (Å²) >= 11 is 3.49. The van der Waals surface area contributed by atoms with Gasteiger partial charge in [0, 0.05) is 10.5 Å². The molecule has 0 aromatic heterocycles. The molecule has 0 saturated heterocycles. The van der Waals surface area contributed by atoms with Gasteiger partial charge in [-0.2, -0.15) is 0 Å². The Balaban J connectivity index is 2.88. The van der Waals surface area contributed by atoms with E-state index in [4.69, 9.17) is 5.73 Å². The minimum atomic E-state index is -0.628. The molecule has 17 heavy (non-hydrogen) atoms. The third kappa shape index (κ3) is 3.78. The normalized spacial score (nSPS) is 14.7. The van der Waals surface area contributed by atoms with Gasteiger partial charge >= 0.3 is 0 Å². The predicted molar refractivity (Wildman–Crippen MR) is 75.1 cm³/mol. The Morgan fingerprint density at radius 2 is 1.94 bits per heavy atom. The summed E-state index contributed by atoms with van der Waals surface area (Å²) in [6.07, 6.45) is 0.119. The third-order valence-electron chi connectivity index (χ3n) is 3.06. The molecular formula is C13H21BrN2O. The second-order valence-corrected chi connectivity index (χ2v) is 5.31. The Labute approximate surface area is 112 Å². The number of aryl methyl sites for hydroxylation is 2. The molecule has 0 fully saturated rings. The zero-order chi connectivity index (χ0) is 13.0. The van der Waals surface area contributed by atoms with Crippen molar-refractivity contribution in [3.63, 3.8) is 0 Å². The van der Waals surface area contributed by atoms with E-state index in [1.54, 1.807) is 0 Å². The van der Waals surface area contributed by atoms with Crippen LogP contribution in [-0.2, 0) is 0 Å². The average molecular weight is 301 g/mol. The van der Waals surface area contributed by atoms with Crippen LogP contribution in [0.4, 0.5) is 0 Å². The number of nitrogens with two attached hydrogens (primary N) is 1. The Morgan fingerprint density at radius 3 is 2.53 bits per heavy atom. The topological polar surface area (TPSA) is 58.3 Å². The number of aliphatic hydroxyl groups excluding tert-OH is 1. The third-order valence-corrected chi connectivity index (χ3v) is 3.75. The second-order valence-electron chi connectivity index (χ2n) is 4.46. The van der Waals surface area contributed by atoms with E-state index >= 15 is 0 Å². The molecular weight excluding hydrogens is 280 g/mol. The van der Waals surface area contributed by atoms with Gasteiger partial charge in [-0.25, -0.2) is 0 Å². The Kier molecular flexibility index (Phi) is 5.59. The molecule has 0 aliphatic carbocycles. The van der Waals surface area contributed by atoms with Crippen LogP contribution < -0.4 is 11.1 Å². The van der Waals surface area contributed by atoms with E-state index in [0.717, 1.165) is 23.0 Å². The molecule has 2 unspecified atom stereocenters. The smallest absolute Gasteiger partial charge is 0.0952 e. The number of aliphatic hydroxyl groups is 1. The number of halogens is 1. The van der Waals surface area contributed by atoms with Gasteiger partial charge in [0.2, 0.25) is 0 Å². The molecule has 2 atom stereocenters. The molecule has 4 heteroatoms. The molecule has 0 radical (unpaired) electrons. The maximum Gasteiger partial charge on any atom is 0.0952 e. The fraction of sp³-hybridized carbons (Fsp3) is 0.538. The molecule has 0 spiro atoms. The van der Waals surface area contributed by atoms with Crippen LogP contribution in [0.15, 0.2) is 16.6 Å². The second kappa shape index (κ2) is 6.50. The quantitative estimate of drug-likeness (QED) is 0.780.